The summed E-state index contributed by atoms with van der Waals surface area (Å²) in [7, 11) is 3.51. The summed E-state index contributed by atoms with van der Waals surface area (Å²) < 4.78 is 38.4. The lowest BCUT2D eigenvalue weighted by Gasteiger charge is -2.33. The van der Waals surface area contributed by atoms with Gasteiger partial charge in [-0.3, -0.25) is 4.79 Å². The van der Waals surface area contributed by atoms with Crippen LogP contribution in [0.25, 0.3) is 0 Å². The number of aromatic nitrogens is 1. The van der Waals surface area contributed by atoms with E-state index in [0.29, 0.717) is 18.1 Å². The maximum Gasteiger partial charge on any atom is 0.393 e. The number of hydrogen-bond donors (Lipinski definition) is 1. The SMILES string of the molecule is CN(C)c1nc(N)c(C(=O)N2CCCC(C(F)(F)F)C2)s1. The van der Waals surface area contributed by atoms with E-state index in [0.717, 1.165) is 11.3 Å². The second-order valence-corrected chi connectivity index (χ2v) is 6.21. The number of thiazole rings is 1. The summed E-state index contributed by atoms with van der Waals surface area (Å²) in [5.41, 5.74) is 5.71. The second-order valence-electron chi connectivity index (χ2n) is 5.24. The van der Waals surface area contributed by atoms with Gasteiger partial charge in [0, 0.05) is 27.2 Å². The summed E-state index contributed by atoms with van der Waals surface area (Å²) >= 11 is 1.10. The lowest BCUT2D eigenvalue weighted by molar-refractivity contribution is -0.184. The number of anilines is 2. The third kappa shape index (κ3) is 3.39. The molecule has 0 radical (unpaired) electrons. The highest BCUT2D eigenvalue weighted by molar-refractivity contribution is 7.18. The minimum absolute atomic E-state index is 0.0639. The smallest absolute Gasteiger partial charge is 0.382 e. The summed E-state index contributed by atoms with van der Waals surface area (Å²) in [5.74, 6) is -1.85. The minimum Gasteiger partial charge on any atom is -0.382 e. The van der Waals surface area contributed by atoms with Crippen molar-refractivity contribution in [1.82, 2.24) is 9.88 Å². The second kappa shape index (κ2) is 5.70. The molecule has 1 aromatic heterocycles. The van der Waals surface area contributed by atoms with E-state index < -0.39 is 18.0 Å². The first kappa shape index (κ1) is 15.9. The summed E-state index contributed by atoms with van der Waals surface area (Å²) in [6.07, 6.45) is -3.86. The number of nitrogens with zero attached hydrogens (tertiary/aromatic N) is 3. The fourth-order valence-electron chi connectivity index (χ4n) is 2.24. The van der Waals surface area contributed by atoms with E-state index in [-0.39, 0.29) is 23.7 Å². The summed E-state index contributed by atoms with van der Waals surface area (Å²) in [6.45, 7) is 0.0109. The fraction of sp³-hybridized carbons (Fsp3) is 0.667. The van der Waals surface area contributed by atoms with Crippen molar-refractivity contribution in [3.63, 3.8) is 0 Å². The number of carbonyl (C=O) groups excluding carboxylic acids is 1. The molecule has 0 saturated carbocycles. The summed E-state index contributed by atoms with van der Waals surface area (Å²) in [6, 6.07) is 0. The molecule has 0 spiro atoms. The molecular formula is C12H17F3N4OS. The van der Waals surface area contributed by atoms with Gasteiger partial charge in [0.05, 0.1) is 5.92 Å². The third-order valence-electron chi connectivity index (χ3n) is 3.39. The van der Waals surface area contributed by atoms with Gasteiger partial charge in [0.25, 0.3) is 5.91 Å². The molecular weight excluding hydrogens is 305 g/mol. The Hall–Kier alpha value is -1.51. The molecule has 0 bridgehead atoms. The Kier molecular flexibility index (Phi) is 4.31. The van der Waals surface area contributed by atoms with Crippen LogP contribution in [0, 0.1) is 5.92 Å². The highest BCUT2D eigenvalue weighted by Crippen LogP contribution is 2.35. The summed E-state index contributed by atoms with van der Waals surface area (Å²) in [4.78, 5) is 19.5. The topological polar surface area (TPSA) is 62.5 Å². The molecule has 1 saturated heterocycles. The van der Waals surface area contributed by atoms with Gasteiger partial charge < -0.3 is 15.5 Å². The van der Waals surface area contributed by atoms with Crippen LogP contribution in [-0.4, -0.2) is 49.2 Å². The molecule has 5 nitrogen and oxygen atoms in total. The van der Waals surface area contributed by atoms with Crippen LogP contribution in [0.5, 0.6) is 0 Å². The third-order valence-corrected chi connectivity index (χ3v) is 4.62. The molecule has 1 aliphatic heterocycles. The Balaban J connectivity index is 2.16. The van der Waals surface area contributed by atoms with E-state index in [4.69, 9.17) is 5.73 Å². The molecule has 1 fully saturated rings. The molecule has 118 valence electrons. The molecule has 0 aliphatic carbocycles. The summed E-state index contributed by atoms with van der Waals surface area (Å²) in [5, 5.41) is 0.556. The van der Waals surface area contributed by atoms with E-state index in [2.05, 4.69) is 4.98 Å². The van der Waals surface area contributed by atoms with Gasteiger partial charge in [0.2, 0.25) is 0 Å². The number of carbonyl (C=O) groups is 1. The molecule has 1 amide bonds. The quantitative estimate of drug-likeness (QED) is 0.907. The van der Waals surface area contributed by atoms with Gasteiger partial charge in [-0.15, -0.1) is 0 Å². The Morgan fingerprint density at radius 3 is 2.67 bits per heavy atom. The number of halogens is 3. The lowest BCUT2D eigenvalue weighted by atomic mass is 9.97. The normalized spacial score (nSPS) is 19.7. The molecule has 1 aliphatic rings. The molecule has 1 unspecified atom stereocenters. The maximum atomic E-state index is 12.8. The molecule has 0 aromatic carbocycles. The molecule has 2 N–H and O–H groups in total. The van der Waals surface area contributed by atoms with E-state index in [1.807, 2.05) is 0 Å². The Labute approximate surface area is 124 Å². The van der Waals surface area contributed by atoms with Gasteiger partial charge in [0.15, 0.2) is 5.13 Å². The van der Waals surface area contributed by atoms with Crippen molar-refractivity contribution in [1.29, 1.82) is 0 Å². The Morgan fingerprint density at radius 1 is 1.48 bits per heavy atom. The number of rotatable bonds is 2. The van der Waals surface area contributed by atoms with Crippen molar-refractivity contribution in [2.24, 2.45) is 5.92 Å². The number of piperidine rings is 1. The van der Waals surface area contributed by atoms with E-state index in [9.17, 15) is 18.0 Å². The number of likely N-dealkylation sites (tertiary alicyclic amines) is 1. The monoisotopic (exact) mass is 322 g/mol. The van der Waals surface area contributed by atoms with Crippen molar-refractivity contribution in [2.75, 3.05) is 37.8 Å². The van der Waals surface area contributed by atoms with E-state index in [1.165, 1.54) is 4.90 Å². The van der Waals surface area contributed by atoms with Crippen molar-refractivity contribution < 1.29 is 18.0 Å². The molecule has 2 heterocycles. The first-order valence-corrected chi connectivity index (χ1v) is 7.31. The number of alkyl halides is 3. The maximum absolute atomic E-state index is 12.8. The molecule has 9 heteroatoms. The molecule has 1 atom stereocenters. The van der Waals surface area contributed by atoms with Crippen LogP contribution in [0.3, 0.4) is 0 Å². The minimum atomic E-state index is -4.27. The van der Waals surface area contributed by atoms with Crippen molar-refractivity contribution in [3.05, 3.63) is 4.88 Å². The average molecular weight is 322 g/mol. The van der Waals surface area contributed by atoms with Gasteiger partial charge >= 0.3 is 6.18 Å². The Morgan fingerprint density at radius 2 is 2.14 bits per heavy atom. The molecule has 1 aromatic rings. The highest BCUT2D eigenvalue weighted by Gasteiger charge is 2.43. The lowest BCUT2D eigenvalue weighted by Crippen LogP contribution is -2.44. The molecule has 2 rings (SSSR count). The largest absolute Gasteiger partial charge is 0.393 e. The van der Waals surface area contributed by atoms with Crippen LogP contribution in [0.1, 0.15) is 22.5 Å². The zero-order valence-corrected chi connectivity index (χ0v) is 12.6. The van der Waals surface area contributed by atoms with Crippen molar-refractivity contribution >= 4 is 28.2 Å². The number of hydrogen-bond acceptors (Lipinski definition) is 5. The Bertz CT molecular complexity index is 529. The van der Waals surface area contributed by atoms with E-state index in [1.54, 1.807) is 19.0 Å². The van der Waals surface area contributed by atoms with Crippen LogP contribution in [0.4, 0.5) is 24.1 Å². The van der Waals surface area contributed by atoms with Crippen molar-refractivity contribution in [3.8, 4) is 0 Å². The highest BCUT2D eigenvalue weighted by atomic mass is 32.1. The van der Waals surface area contributed by atoms with Gasteiger partial charge in [-0.1, -0.05) is 11.3 Å². The van der Waals surface area contributed by atoms with Gasteiger partial charge in [-0.2, -0.15) is 13.2 Å². The van der Waals surface area contributed by atoms with Crippen molar-refractivity contribution in [2.45, 2.75) is 19.0 Å². The average Bonchev–Trinajstić information content (AvgIpc) is 2.79. The standard InChI is InChI=1S/C12H17F3N4OS/c1-18(2)11-17-9(16)8(21-11)10(20)19-5-3-4-7(6-19)12(13,14)15/h7H,3-6,16H2,1-2H3. The first-order chi connectivity index (χ1) is 9.70. The van der Waals surface area contributed by atoms with Crippen LogP contribution in [-0.2, 0) is 0 Å². The van der Waals surface area contributed by atoms with Crippen LogP contribution in [0.2, 0.25) is 0 Å². The van der Waals surface area contributed by atoms with Crippen LogP contribution < -0.4 is 10.6 Å². The van der Waals surface area contributed by atoms with Gasteiger partial charge in [0.1, 0.15) is 10.7 Å². The van der Waals surface area contributed by atoms with Crippen LogP contribution >= 0.6 is 11.3 Å². The van der Waals surface area contributed by atoms with E-state index >= 15 is 0 Å². The zero-order valence-electron chi connectivity index (χ0n) is 11.8. The number of nitrogens with two attached hydrogens (primary N) is 1. The number of nitrogen functional groups attached to an aromatic ring is 1. The van der Waals surface area contributed by atoms with Gasteiger partial charge in [-0.25, -0.2) is 4.98 Å². The first-order valence-electron chi connectivity index (χ1n) is 6.49. The predicted octanol–water partition coefficient (Wildman–Crippen LogP) is 2.21. The fourth-order valence-corrected chi connectivity index (χ4v) is 3.11. The zero-order chi connectivity index (χ0) is 15.8. The van der Waals surface area contributed by atoms with Crippen LogP contribution in [0.15, 0.2) is 0 Å². The van der Waals surface area contributed by atoms with Gasteiger partial charge in [-0.05, 0) is 12.8 Å². The number of amides is 1. The molecule has 21 heavy (non-hydrogen) atoms. The predicted molar refractivity (Wildman–Crippen MR) is 75.5 cm³/mol.